The molecule has 92 valence electrons. The first-order chi connectivity index (χ1) is 8.31. The van der Waals surface area contributed by atoms with E-state index in [-0.39, 0.29) is 13.2 Å². The number of amides is 1. The summed E-state index contributed by atoms with van der Waals surface area (Å²) in [5.74, 6) is 0.810. The standard InChI is InChI=1S/C12H15NO4/c14-6-8-17-12(15)13-5-7-16-11-4-2-1-3-10(11)9-13/h1-4,14H,5-9H2. The lowest BCUT2D eigenvalue weighted by Gasteiger charge is -2.18. The van der Waals surface area contributed by atoms with Crippen LogP contribution < -0.4 is 4.74 Å². The number of carbonyl (C=O) groups is 1. The SMILES string of the molecule is O=C(OCCO)N1CCOc2ccccc2C1. The Balaban J connectivity index is 2.05. The van der Waals surface area contributed by atoms with Gasteiger partial charge in [-0.2, -0.15) is 0 Å². The number of carbonyl (C=O) groups excluding carboxylic acids is 1. The lowest BCUT2D eigenvalue weighted by molar-refractivity contribution is 0.0803. The van der Waals surface area contributed by atoms with Crippen molar-refractivity contribution >= 4 is 6.09 Å². The van der Waals surface area contributed by atoms with E-state index in [1.165, 1.54) is 0 Å². The maximum absolute atomic E-state index is 11.7. The minimum Gasteiger partial charge on any atom is -0.491 e. The zero-order chi connectivity index (χ0) is 12.1. The number of hydrogen-bond donors (Lipinski definition) is 1. The highest BCUT2D eigenvalue weighted by Crippen LogP contribution is 2.22. The van der Waals surface area contributed by atoms with E-state index in [1.807, 2.05) is 24.3 Å². The van der Waals surface area contributed by atoms with Crippen LogP contribution in [0.25, 0.3) is 0 Å². The van der Waals surface area contributed by atoms with Gasteiger partial charge in [-0.1, -0.05) is 18.2 Å². The average molecular weight is 237 g/mol. The van der Waals surface area contributed by atoms with E-state index >= 15 is 0 Å². The molecular formula is C12H15NO4. The molecule has 0 spiro atoms. The molecule has 17 heavy (non-hydrogen) atoms. The molecule has 0 aromatic heterocycles. The summed E-state index contributed by atoms with van der Waals surface area (Å²) in [6.45, 7) is 1.27. The minimum absolute atomic E-state index is 0.0256. The van der Waals surface area contributed by atoms with Crippen LogP contribution in [0.3, 0.4) is 0 Å². The van der Waals surface area contributed by atoms with Gasteiger partial charge < -0.3 is 19.5 Å². The second-order valence-corrected chi connectivity index (χ2v) is 3.72. The van der Waals surface area contributed by atoms with Crippen molar-refractivity contribution in [1.82, 2.24) is 4.90 Å². The molecule has 0 atom stereocenters. The molecule has 1 aromatic carbocycles. The normalized spacial score (nSPS) is 14.5. The van der Waals surface area contributed by atoms with E-state index < -0.39 is 6.09 Å². The summed E-state index contributed by atoms with van der Waals surface area (Å²) < 4.78 is 10.4. The number of aliphatic hydroxyl groups excluding tert-OH is 1. The third kappa shape index (κ3) is 2.88. The molecule has 0 unspecified atom stereocenters. The van der Waals surface area contributed by atoms with Gasteiger partial charge in [0.1, 0.15) is 19.0 Å². The van der Waals surface area contributed by atoms with Gasteiger partial charge in [0, 0.05) is 5.56 Å². The van der Waals surface area contributed by atoms with Gasteiger partial charge in [-0.05, 0) is 6.07 Å². The highest BCUT2D eigenvalue weighted by molar-refractivity contribution is 5.68. The van der Waals surface area contributed by atoms with Crippen molar-refractivity contribution in [3.05, 3.63) is 29.8 Å². The number of nitrogens with zero attached hydrogens (tertiary/aromatic N) is 1. The Morgan fingerprint density at radius 3 is 3.12 bits per heavy atom. The van der Waals surface area contributed by atoms with Crippen molar-refractivity contribution in [2.24, 2.45) is 0 Å². The average Bonchev–Trinajstić information content (AvgIpc) is 2.58. The van der Waals surface area contributed by atoms with Gasteiger partial charge in [0.2, 0.25) is 0 Å². The fraction of sp³-hybridized carbons (Fsp3) is 0.417. The Labute approximate surface area is 99.6 Å². The molecule has 0 saturated heterocycles. The maximum atomic E-state index is 11.7. The fourth-order valence-electron chi connectivity index (χ4n) is 1.71. The molecule has 0 aliphatic carbocycles. The van der Waals surface area contributed by atoms with Crippen molar-refractivity contribution in [3.8, 4) is 5.75 Å². The lowest BCUT2D eigenvalue weighted by Crippen LogP contribution is -2.33. The first-order valence-electron chi connectivity index (χ1n) is 5.54. The van der Waals surface area contributed by atoms with Crippen LogP contribution in [0.1, 0.15) is 5.56 Å². The molecular weight excluding hydrogens is 222 g/mol. The van der Waals surface area contributed by atoms with Gasteiger partial charge in [0.05, 0.1) is 19.7 Å². The first kappa shape index (κ1) is 11.7. The molecule has 1 aromatic rings. The van der Waals surface area contributed by atoms with Crippen LogP contribution in [-0.4, -0.2) is 42.5 Å². The van der Waals surface area contributed by atoms with Crippen molar-refractivity contribution in [2.75, 3.05) is 26.4 Å². The molecule has 0 saturated carbocycles. The number of benzene rings is 1. The Kier molecular flexibility index (Phi) is 3.82. The first-order valence-corrected chi connectivity index (χ1v) is 5.54. The number of aliphatic hydroxyl groups is 1. The number of hydrogen-bond acceptors (Lipinski definition) is 4. The molecule has 2 rings (SSSR count). The Hall–Kier alpha value is -1.75. The monoisotopic (exact) mass is 237 g/mol. The summed E-state index contributed by atoms with van der Waals surface area (Å²) >= 11 is 0. The van der Waals surface area contributed by atoms with Gasteiger partial charge in [0.15, 0.2) is 0 Å². The van der Waals surface area contributed by atoms with Crippen LogP contribution in [0.15, 0.2) is 24.3 Å². The second-order valence-electron chi connectivity index (χ2n) is 3.72. The lowest BCUT2D eigenvalue weighted by atomic mass is 10.2. The predicted molar refractivity (Wildman–Crippen MR) is 60.8 cm³/mol. The van der Waals surface area contributed by atoms with Crippen LogP contribution >= 0.6 is 0 Å². The van der Waals surface area contributed by atoms with Gasteiger partial charge in [-0.25, -0.2) is 4.79 Å². The number of para-hydroxylation sites is 1. The predicted octanol–water partition coefficient (Wildman–Crippen LogP) is 1.01. The highest BCUT2D eigenvalue weighted by atomic mass is 16.6. The zero-order valence-corrected chi connectivity index (χ0v) is 9.46. The number of ether oxygens (including phenoxy) is 2. The van der Waals surface area contributed by atoms with Crippen molar-refractivity contribution in [3.63, 3.8) is 0 Å². The van der Waals surface area contributed by atoms with E-state index in [0.29, 0.717) is 19.7 Å². The molecule has 1 aliphatic rings. The Morgan fingerprint density at radius 1 is 1.47 bits per heavy atom. The molecule has 5 heteroatoms. The molecule has 1 aliphatic heterocycles. The summed E-state index contributed by atoms with van der Waals surface area (Å²) in [6, 6.07) is 7.62. The second kappa shape index (κ2) is 5.54. The third-order valence-electron chi connectivity index (χ3n) is 2.53. The summed E-state index contributed by atoms with van der Waals surface area (Å²) in [4.78, 5) is 13.2. The Morgan fingerprint density at radius 2 is 2.29 bits per heavy atom. The molecule has 1 amide bonds. The summed E-state index contributed by atoms with van der Waals surface area (Å²) in [5, 5.41) is 8.61. The van der Waals surface area contributed by atoms with Gasteiger partial charge >= 0.3 is 6.09 Å². The van der Waals surface area contributed by atoms with Crippen LogP contribution in [0.4, 0.5) is 4.79 Å². The van der Waals surface area contributed by atoms with Crippen molar-refractivity contribution in [2.45, 2.75) is 6.54 Å². The molecule has 0 fully saturated rings. The van der Waals surface area contributed by atoms with Gasteiger partial charge in [-0.3, -0.25) is 0 Å². The van der Waals surface area contributed by atoms with Gasteiger partial charge in [0.25, 0.3) is 0 Å². The summed E-state index contributed by atoms with van der Waals surface area (Å²) in [6.07, 6.45) is -0.417. The van der Waals surface area contributed by atoms with E-state index in [2.05, 4.69) is 0 Å². The van der Waals surface area contributed by atoms with Crippen LogP contribution in [0, 0.1) is 0 Å². The van der Waals surface area contributed by atoms with Gasteiger partial charge in [-0.15, -0.1) is 0 Å². The Bertz CT molecular complexity index is 394. The third-order valence-corrected chi connectivity index (χ3v) is 2.53. The molecule has 5 nitrogen and oxygen atoms in total. The zero-order valence-electron chi connectivity index (χ0n) is 9.46. The molecule has 0 bridgehead atoms. The van der Waals surface area contributed by atoms with E-state index in [4.69, 9.17) is 14.6 Å². The van der Waals surface area contributed by atoms with E-state index in [9.17, 15) is 4.79 Å². The number of rotatable bonds is 2. The minimum atomic E-state index is -0.417. The van der Waals surface area contributed by atoms with Crippen LogP contribution in [-0.2, 0) is 11.3 Å². The molecule has 1 heterocycles. The molecule has 1 N–H and O–H groups in total. The number of fused-ring (bicyclic) bond motifs is 1. The fourth-order valence-corrected chi connectivity index (χ4v) is 1.71. The van der Waals surface area contributed by atoms with Crippen molar-refractivity contribution < 1.29 is 19.4 Å². The largest absolute Gasteiger partial charge is 0.491 e. The van der Waals surface area contributed by atoms with Crippen LogP contribution in [0.5, 0.6) is 5.75 Å². The van der Waals surface area contributed by atoms with Crippen molar-refractivity contribution in [1.29, 1.82) is 0 Å². The summed E-state index contributed by atoms with van der Waals surface area (Å²) in [5.41, 5.74) is 0.964. The topological polar surface area (TPSA) is 59.0 Å². The molecule has 0 radical (unpaired) electrons. The van der Waals surface area contributed by atoms with E-state index in [0.717, 1.165) is 11.3 Å². The summed E-state index contributed by atoms with van der Waals surface area (Å²) in [7, 11) is 0. The smallest absolute Gasteiger partial charge is 0.410 e. The quantitative estimate of drug-likeness (QED) is 0.834. The van der Waals surface area contributed by atoms with E-state index in [1.54, 1.807) is 4.90 Å². The highest BCUT2D eigenvalue weighted by Gasteiger charge is 2.20. The maximum Gasteiger partial charge on any atom is 0.410 e. The van der Waals surface area contributed by atoms with Crippen LogP contribution in [0.2, 0.25) is 0 Å².